The summed E-state index contributed by atoms with van der Waals surface area (Å²) in [6.07, 6.45) is -1.99. The van der Waals surface area contributed by atoms with Crippen LogP contribution >= 0.6 is 0 Å². The molecular weight excluding hydrogens is 420 g/mol. The lowest BCUT2D eigenvalue weighted by atomic mass is 9.70. The fraction of sp³-hybridized carbons (Fsp3) is 0.391. The molecule has 1 fully saturated rings. The number of phenols is 2. The third-order valence-corrected chi connectivity index (χ3v) is 6.78. The van der Waals surface area contributed by atoms with Crippen molar-refractivity contribution in [3.63, 3.8) is 0 Å². The van der Waals surface area contributed by atoms with Crippen LogP contribution in [-0.2, 0) is 15.9 Å². The minimum absolute atomic E-state index is 0.0239. The third kappa shape index (κ3) is 2.53. The lowest BCUT2D eigenvalue weighted by Gasteiger charge is -2.45. The van der Waals surface area contributed by atoms with Gasteiger partial charge in [0.1, 0.15) is 22.8 Å². The number of aromatic hydroxyl groups is 2. The summed E-state index contributed by atoms with van der Waals surface area (Å²) >= 11 is 0. The number of aliphatic hydroxyl groups excluding tert-OH is 1. The average molecular weight is 442 g/mol. The van der Waals surface area contributed by atoms with Gasteiger partial charge in [-0.1, -0.05) is 12.1 Å². The zero-order chi connectivity index (χ0) is 23.0. The number of carbonyl (C=O) groups excluding carboxylic acids is 2. The molecule has 0 amide bonds. The maximum Gasteiger partial charge on any atom is 0.202 e. The minimum atomic E-state index is -1.75. The van der Waals surface area contributed by atoms with Crippen molar-refractivity contribution < 1.29 is 44.2 Å². The van der Waals surface area contributed by atoms with Crippen LogP contribution in [0.3, 0.4) is 0 Å². The van der Waals surface area contributed by atoms with Gasteiger partial charge < -0.3 is 34.6 Å². The number of ether oxygens (including phenoxy) is 3. The highest BCUT2D eigenvalue weighted by molar-refractivity contribution is 6.31. The highest BCUT2D eigenvalue weighted by Crippen LogP contribution is 2.53. The molecule has 1 saturated heterocycles. The molecule has 4 N–H and O–H groups in total. The SMILES string of the molecule is COc1cccc2c1C(=O)c1c(O)c3c(c(O)c1C2=O)C[C@@](O)(C1(C)OCCO1)C[C@@H]3O. The van der Waals surface area contributed by atoms with E-state index in [9.17, 15) is 30.0 Å². The predicted molar refractivity (Wildman–Crippen MR) is 108 cm³/mol. The van der Waals surface area contributed by atoms with E-state index >= 15 is 0 Å². The third-order valence-electron chi connectivity index (χ3n) is 6.78. The first-order chi connectivity index (χ1) is 15.1. The Morgan fingerprint density at radius 2 is 1.69 bits per heavy atom. The summed E-state index contributed by atoms with van der Waals surface area (Å²) in [6, 6.07) is 4.49. The number of methoxy groups -OCH3 is 1. The lowest BCUT2D eigenvalue weighted by Crippen LogP contribution is -2.57. The van der Waals surface area contributed by atoms with E-state index in [1.54, 1.807) is 6.07 Å². The van der Waals surface area contributed by atoms with E-state index in [4.69, 9.17) is 14.2 Å². The molecule has 1 aliphatic heterocycles. The van der Waals surface area contributed by atoms with E-state index in [0.29, 0.717) is 0 Å². The van der Waals surface area contributed by atoms with Crippen molar-refractivity contribution in [3.05, 3.63) is 51.6 Å². The number of phenolic OH excluding ortho intramolecular Hbond substituents is 2. The minimum Gasteiger partial charge on any atom is -0.507 e. The molecule has 0 aromatic heterocycles. The molecule has 2 aliphatic carbocycles. The van der Waals surface area contributed by atoms with Crippen LogP contribution in [0.2, 0.25) is 0 Å². The van der Waals surface area contributed by atoms with Crippen LogP contribution < -0.4 is 4.74 Å². The van der Waals surface area contributed by atoms with Gasteiger partial charge in [0.2, 0.25) is 5.78 Å². The molecule has 168 valence electrons. The monoisotopic (exact) mass is 442 g/mol. The smallest absolute Gasteiger partial charge is 0.202 e. The Hall–Kier alpha value is -2.98. The molecule has 0 radical (unpaired) electrons. The number of ketones is 2. The Kier molecular flexibility index (Phi) is 4.41. The first kappa shape index (κ1) is 20.9. The van der Waals surface area contributed by atoms with E-state index < -0.39 is 46.1 Å². The van der Waals surface area contributed by atoms with Crippen LogP contribution in [0.4, 0.5) is 0 Å². The topological polar surface area (TPSA) is 143 Å². The van der Waals surface area contributed by atoms with Gasteiger partial charge in [0.15, 0.2) is 11.6 Å². The first-order valence-electron chi connectivity index (χ1n) is 10.2. The normalized spacial score (nSPS) is 25.8. The van der Waals surface area contributed by atoms with Gasteiger partial charge >= 0.3 is 0 Å². The summed E-state index contributed by atoms with van der Waals surface area (Å²) in [5, 5.41) is 44.3. The molecule has 2 aromatic rings. The largest absolute Gasteiger partial charge is 0.507 e. The van der Waals surface area contributed by atoms with Crippen molar-refractivity contribution in [1.82, 2.24) is 0 Å². The Morgan fingerprint density at radius 3 is 2.34 bits per heavy atom. The van der Waals surface area contributed by atoms with Crippen LogP contribution in [0.1, 0.15) is 62.4 Å². The zero-order valence-corrected chi connectivity index (χ0v) is 17.5. The van der Waals surface area contributed by atoms with Crippen LogP contribution in [0.5, 0.6) is 17.2 Å². The van der Waals surface area contributed by atoms with E-state index in [1.807, 2.05) is 0 Å². The quantitative estimate of drug-likeness (QED) is 0.433. The van der Waals surface area contributed by atoms with Gasteiger partial charge in [0, 0.05) is 29.5 Å². The number of hydrogen-bond acceptors (Lipinski definition) is 9. The Bertz CT molecular complexity index is 1180. The van der Waals surface area contributed by atoms with Crippen molar-refractivity contribution in [2.24, 2.45) is 0 Å². The zero-order valence-electron chi connectivity index (χ0n) is 17.5. The van der Waals surface area contributed by atoms with Crippen molar-refractivity contribution in [2.75, 3.05) is 20.3 Å². The summed E-state index contributed by atoms with van der Waals surface area (Å²) in [5.74, 6) is -3.85. The molecule has 9 nitrogen and oxygen atoms in total. The predicted octanol–water partition coefficient (Wildman–Crippen LogP) is 1.36. The molecule has 0 bridgehead atoms. The second kappa shape index (κ2) is 6.76. The standard InChI is InChI=1S/C23H22O9/c1-22(31-6-7-32-22)23(29)8-11-14(12(24)9-23)20(27)17-16(19(11)26)18(25)10-4-3-5-13(30-2)15(10)21(17)28/h3-5,12,24,26-27,29H,6-9H2,1-2H3/t12-,23-/m0/s1. The van der Waals surface area contributed by atoms with Crippen molar-refractivity contribution in [2.45, 2.75) is 37.3 Å². The summed E-state index contributed by atoms with van der Waals surface area (Å²) in [5.41, 5.74) is -2.66. The Morgan fingerprint density at radius 1 is 1.03 bits per heavy atom. The van der Waals surface area contributed by atoms with Crippen molar-refractivity contribution in [1.29, 1.82) is 0 Å². The van der Waals surface area contributed by atoms with E-state index in [-0.39, 0.29) is 59.6 Å². The summed E-state index contributed by atoms with van der Waals surface area (Å²) in [4.78, 5) is 26.6. The number of rotatable bonds is 2. The Labute approximate surface area is 182 Å². The Balaban J connectivity index is 1.73. The fourth-order valence-corrected chi connectivity index (χ4v) is 5.07. The molecule has 5 rings (SSSR count). The fourth-order valence-electron chi connectivity index (χ4n) is 5.07. The number of hydrogen-bond donors (Lipinski definition) is 4. The molecule has 0 saturated carbocycles. The summed E-state index contributed by atoms with van der Waals surface area (Å²) in [7, 11) is 1.35. The van der Waals surface area contributed by atoms with E-state index in [1.165, 1.54) is 26.2 Å². The maximum absolute atomic E-state index is 13.3. The highest BCUT2D eigenvalue weighted by atomic mass is 16.7. The number of benzene rings is 2. The van der Waals surface area contributed by atoms with Gasteiger partial charge in [-0.2, -0.15) is 0 Å². The number of aliphatic hydroxyl groups is 2. The van der Waals surface area contributed by atoms with Gasteiger partial charge in [0.25, 0.3) is 0 Å². The highest BCUT2D eigenvalue weighted by Gasteiger charge is 2.56. The van der Waals surface area contributed by atoms with Crippen LogP contribution in [0.25, 0.3) is 0 Å². The summed E-state index contributed by atoms with van der Waals surface area (Å²) < 4.78 is 16.4. The van der Waals surface area contributed by atoms with Gasteiger partial charge in [-0.05, 0) is 13.0 Å². The van der Waals surface area contributed by atoms with Crippen LogP contribution in [-0.4, -0.2) is 63.7 Å². The first-order valence-corrected chi connectivity index (χ1v) is 10.2. The second-order valence-electron chi connectivity index (χ2n) is 8.45. The van der Waals surface area contributed by atoms with Gasteiger partial charge in [0.05, 0.1) is 43.1 Å². The van der Waals surface area contributed by atoms with E-state index in [2.05, 4.69) is 0 Å². The molecule has 2 atom stereocenters. The molecule has 0 unspecified atom stereocenters. The molecule has 9 heteroatoms. The second-order valence-corrected chi connectivity index (χ2v) is 8.45. The molecule has 3 aliphatic rings. The molecular formula is C23H22O9. The van der Waals surface area contributed by atoms with Crippen LogP contribution in [0.15, 0.2) is 18.2 Å². The van der Waals surface area contributed by atoms with Gasteiger partial charge in [-0.25, -0.2) is 0 Å². The molecule has 32 heavy (non-hydrogen) atoms. The molecule has 1 heterocycles. The lowest BCUT2D eigenvalue weighted by molar-refractivity contribution is -0.269. The molecule has 0 spiro atoms. The van der Waals surface area contributed by atoms with Gasteiger partial charge in [-0.3, -0.25) is 9.59 Å². The summed E-state index contributed by atoms with van der Waals surface area (Å²) in [6.45, 7) is 2.02. The number of fused-ring (bicyclic) bond motifs is 3. The average Bonchev–Trinajstić information content (AvgIpc) is 3.22. The molecule has 2 aromatic carbocycles. The maximum atomic E-state index is 13.3. The van der Waals surface area contributed by atoms with Gasteiger partial charge in [-0.15, -0.1) is 0 Å². The van der Waals surface area contributed by atoms with E-state index in [0.717, 1.165) is 0 Å². The number of carbonyl (C=O) groups is 2. The van der Waals surface area contributed by atoms with Crippen molar-refractivity contribution >= 4 is 11.6 Å². The van der Waals surface area contributed by atoms with Crippen LogP contribution in [0, 0.1) is 0 Å². The van der Waals surface area contributed by atoms with Crippen molar-refractivity contribution in [3.8, 4) is 17.2 Å².